The van der Waals surface area contributed by atoms with Gasteiger partial charge in [0.2, 0.25) is 5.91 Å². The van der Waals surface area contributed by atoms with E-state index in [-0.39, 0.29) is 5.54 Å². The molecule has 1 aromatic carbocycles. The van der Waals surface area contributed by atoms with Crippen LogP contribution < -0.4 is 4.90 Å². The number of aryl methyl sites for hydroxylation is 2. The molecular formula is C16H19NO. The Morgan fingerprint density at radius 3 is 2.67 bits per heavy atom. The van der Waals surface area contributed by atoms with Crippen LogP contribution in [0, 0.1) is 12.8 Å². The van der Waals surface area contributed by atoms with E-state index in [1.807, 2.05) is 0 Å². The highest BCUT2D eigenvalue weighted by Crippen LogP contribution is 2.59. The first-order valence-electron chi connectivity index (χ1n) is 7.13. The number of nitrogens with zero attached hydrogens (tertiary/aromatic N) is 1. The van der Waals surface area contributed by atoms with Crippen LogP contribution in [0.2, 0.25) is 0 Å². The van der Waals surface area contributed by atoms with E-state index < -0.39 is 0 Å². The van der Waals surface area contributed by atoms with Gasteiger partial charge in [0.25, 0.3) is 0 Å². The Bertz CT molecular complexity index is 526. The molecule has 2 saturated carbocycles. The van der Waals surface area contributed by atoms with E-state index in [1.54, 1.807) is 0 Å². The summed E-state index contributed by atoms with van der Waals surface area (Å²) in [6, 6.07) is 6.58. The van der Waals surface area contributed by atoms with E-state index in [0.717, 1.165) is 12.3 Å². The fourth-order valence-corrected chi connectivity index (χ4v) is 3.67. The third-order valence-corrected chi connectivity index (χ3v) is 4.88. The average molecular weight is 241 g/mol. The Morgan fingerprint density at radius 2 is 2.00 bits per heavy atom. The van der Waals surface area contributed by atoms with Crippen LogP contribution >= 0.6 is 0 Å². The molecule has 2 heteroatoms. The van der Waals surface area contributed by atoms with Gasteiger partial charge in [-0.2, -0.15) is 0 Å². The number of benzene rings is 1. The molecule has 1 amide bonds. The van der Waals surface area contributed by atoms with Gasteiger partial charge < -0.3 is 4.90 Å². The number of anilines is 1. The van der Waals surface area contributed by atoms with Gasteiger partial charge in [-0.25, -0.2) is 0 Å². The summed E-state index contributed by atoms with van der Waals surface area (Å²) in [7, 11) is 0. The van der Waals surface area contributed by atoms with E-state index in [1.165, 1.54) is 42.5 Å². The first kappa shape index (κ1) is 10.6. The first-order valence-corrected chi connectivity index (χ1v) is 7.13. The Balaban J connectivity index is 1.81. The van der Waals surface area contributed by atoms with Gasteiger partial charge in [0.1, 0.15) is 0 Å². The molecule has 4 rings (SSSR count). The zero-order valence-corrected chi connectivity index (χ0v) is 10.9. The molecule has 0 aromatic heterocycles. The van der Waals surface area contributed by atoms with Crippen LogP contribution in [0.25, 0.3) is 0 Å². The van der Waals surface area contributed by atoms with Crippen LogP contribution in [0.4, 0.5) is 5.69 Å². The zero-order valence-electron chi connectivity index (χ0n) is 10.9. The van der Waals surface area contributed by atoms with Gasteiger partial charge in [-0.05, 0) is 56.6 Å². The highest BCUT2D eigenvalue weighted by Gasteiger charge is 2.60. The average Bonchev–Trinajstić information content (AvgIpc) is 3.21. The predicted molar refractivity (Wildman–Crippen MR) is 71.7 cm³/mol. The second-order valence-corrected chi connectivity index (χ2v) is 6.24. The van der Waals surface area contributed by atoms with Crippen molar-refractivity contribution in [3.05, 3.63) is 29.3 Å². The van der Waals surface area contributed by atoms with Gasteiger partial charge in [0, 0.05) is 12.1 Å². The van der Waals surface area contributed by atoms with Crippen LogP contribution in [0.5, 0.6) is 0 Å². The van der Waals surface area contributed by atoms with E-state index in [2.05, 4.69) is 30.0 Å². The summed E-state index contributed by atoms with van der Waals surface area (Å²) in [4.78, 5) is 14.6. The molecule has 2 fully saturated rings. The van der Waals surface area contributed by atoms with E-state index in [0.29, 0.717) is 12.3 Å². The minimum absolute atomic E-state index is 0.224. The number of amides is 1. The van der Waals surface area contributed by atoms with Gasteiger partial charge in [0.15, 0.2) is 0 Å². The Labute approximate surface area is 108 Å². The molecule has 0 bridgehead atoms. The highest BCUT2D eigenvalue weighted by molar-refractivity contribution is 5.98. The molecule has 2 aliphatic carbocycles. The third-order valence-electron chi connectivity index (χ3n) is 4.88. The number of fused-ring (bicyclic) bond motifs is 1. The smallest absolute Gasteiger partial charge is 0.227 e. The Kier molecular flexibility index (Phi) is 1.98. The maximum Gasteiger partial charge on any atom is 0.227 e. The molecule has 0 unspecified atom stereocenters. The van der Waals surface area contributed by atoms with E-state index in [4.69, 9.17) is 0 Å². The van der Waals surface area contributed by atoms with Crippen LogP contribution in [0.3, 0.4) is 0 Å². The Hall–Kier alpha value is -1.31. The molecule has 1 heterocycles. The minimum atomic E-state index is 0.224. The standard InChI is InChI=1S/C16H19NO/c1-11-2-6-14-12(10-11)3-7-15(18)17(14)16(8-9-16)13-4-5-13/h2,6,10,13H,3-5,7-9H2,1H3. The van der Waals surface area contributed by atoms with Crippen LogP contribution in [0.1, 0.15) is 43.2 Å². The second kappa shape index (κ2) is 3.37. The summed E-state index contributed by atoms with van der Waals surface area (Å²) >= 11 is 0. The molecule has 1 aromatic rings. The van der Waals surface area contributed by atoms with E-state index in [9.17, 15) is 4.79 Å². The van der Waals surface area contributed by atoms with Crippen molar-refractivity contribution in [1.82, 2.24) is 0 Å². The molecule has 0 N–H and O–H groups in total. The Morgan fingerprint density at radius 1 is 1.22 bits per heavy atom. The van der Waals surface area contributed by atoms with Crippen molar-refractivity contribution >= 4 is 11.6 Å². The summed E-state index contributed by atoms with van der Waals surface area (Å²) in [5.74, 6) is 1.14. The number of hydrogen-bond acceptors (Lipinski definition) is 1. The fraction of sp³-hybridized carbons (Fsp3) is 0.562. The van der Waals surface area contributed by atoms with Crippen LogP contribution in [-0.4, -0.2) is 11.4 Å². The molecule has 0 saturated heterocycles. The van der Waals surface area contributed by atoms with Gasteiger partial charge >= 0.3 is 0 Å². The SMILES string of the molecule is Cc1ccc2c(c1)CCC(=O)N2C1(C2CC2)CC1. The van der Waals surface area contributed by atoms with Crippen LogP contribution in [-0.2, 0) is 11.2 Å². The number of carbonyl (C=O) groups is 1. The summed E-state index contributed by atoms with van der Waals surface area (Å²) in [5, 5.41) is 0. The van der Waals surface area contributed by atoms with E-state index >= 15 is 0 Å². The number of rotatable bonds is 2. The van der Waals surface area contributed by atoms with Gasteiger partial charge in [-0.3, -0.25) is 4.79 Å². The molecule has 0 radical (unpaired) electrons. The summed E-state index contributed by atoms with van der Waals surface area (Å²) in [5.41, 5.74) is 4.11. The lowest BCUT2D eigenvalue weighted by Crippen LogP contribution is -2.46. The summed E-state index contributed by atoms with van der Waals surface area (Å²) in [6.45, 7) is 2.13. The molecule has 94 valence electrons. The van der Waals surface area contributed by atoms with Crippen molar-refractivity contribution in [1.29, 1.82) is 0 Å². The molecule has 0 atom stereocenters. The summed E-state index contributed by atoms with van der Waals surface area (Å²) in [6.07, 6.45) is 6.71. The third kappa shape index (κ3) is 1.38. The molecule has 2 nitrogen and oxygen atoms in total. The van der Waals surface area contributed by atoms with Crippen molar-refractivity contribution < 1.29 is 4.79 Å². The first-order chi connectivity index (χ1) is 8.71. The highest BCUT2D eigenvalue weighted by atomic mass is 16.2. The quantitative estimate of drug-likeness (QED) is 0.778. The zero-order chi connectivity index (χ0) is 12.3. The number of hydrogen-bond donors (Lipinski definition) is 0. The minimum Gasteiger partial charge on any atom is -0.306 e. The van der Waals surface area contributed by atoms with Gasteiger partial charge in [0.05, 0.1) is 5.54 Å². The van der Waals surface area contributed by atoms with Crippen molar-refractivity contribution in [2.24, 2.45) is 5.92 Å². The topological polar surface area (TPSA) is 20.3 Å². The molecule has 3 aliphatic rings. The predicted octanol–water partition coefficient (Wildman–Crippen LogP) is 3.22. The van der Waals surface area contributed by atoms with Gasteiger partial charge in [-0.15, -0.1) is 0 Å². The molecule has 0 spiro atoms. The molecular weight excluding hydrogens is 222 g/mol. The van der Waals surface area contributed by atoms with Crippen molar-refractivity contribution in [2.75, 3.05) is 4.90 Å². The normalized spacial score (nSPS) is 24.9. The monoisotopic (exact) mass is 241 g/mol. The lowest BCUT2D eigenvalue weighted by Gasteiger charge is -2.37. The second-order valence-electron chi connectivity index (χ2n) is 6.24. The van der Waals surface area contributed by atoms with Crippen molar-refractivity contribution in [3.8, 4) is 0 Å². The van der Waals surface area contributed by atoms with Crippen molar-refractivity contribution in [2.45, 2.75) is 51.0 Å². The van der Waals surface area contributed by atoms with Gasteiger partial charge in [-0.1, -0.05) is 17.7 Å². The van der Waals surface area contributed by atoms with Crippen molar-refractivity contribution in [3.63, 3.8) is 0 Å². The molecule has 1 aliphatic heterocycles. The number of carbonyl (C=O) groups excluding carboxylic acids is 1. The maximum atomic E-state index is 12.4. The molecule has 18 heavy (non-hydrogen) atoms. The summed E-state index contributed by atoms with van der Waals surface area (Å²) < 4.78 is 0. The van der Waals surface area contributed by atoms with Crippen LogP contribution in [0.15, 0.2) is 18.2 Å². The lowest BCUT2D eigenvalue weighted by atomic mass is 9.95. The fourth-order valence-electron chi connectivity index (χ4n) is 3.67. The lowest BCUT2D eigenvalue weighted by molar-refractivity contribution is -0.119. The largest absolute Gasteiger partial charge is 0.306 e. The maximum absolute atomic E-state index is 12.4.